The molecule has 1 N–H and O–H groups in total. The zero-order valence-corrected chi connectivity index (χ0v) is 16.4. The van der Waals surface area contributed by atoms with E-state index in [0.717, 1.165) is 36.3 Å². The molecule has 1 saturated heterocycles. The summed E-state index contributed by atoms with van der Waals surface area (Å²) in [6, 6.07) is 14.6. The molecule has 0 spiro atoms. The molecular formula is C23H24FN3O2. The number of aromatic nitrogens is 2. The Balaban J connectivity index is 1.52. The number of nitrogens with one attached hydrogen (secondary N) is 1. The zero-order valence-electron chi connectivity index (χ0n) is 16.4. The number of imidazole rings is 1. The Labute approximate surface area is 169 Å². The molecule has 0 radical (unpaired) electrons. The van der Waals surface area contributed by atoms with E-state index in [0.29, 0.717) is 12.1 Å². The van der Waals surface area contributed by atoms with Gasteiger partial charge >= 0.3 is 0 Å². The van der Waals surface area contributed by atoms with Crippen molar-refractivity contribution in [2.24, 2.45) is 0 Å². The molecule has 2 aromatic carbocycles. The molecule has 2 heterocycles. The number of ether oxygens (including phenoxy) is 1. The second-order valence-electron chi connectivity index (χ2n) is 7.29. The molecule has 6 heteroatoms. The van der Waals surface area contributed by atoms with Crippen molar-refractivity contribution in [1.29, 1.82) is 0 Å². The number of benzene rings is 2. The maximum atomic E-state index is 14.0. The Morgan fingerprint density at radius 3 is 2.83 bits per heavy atom. The van der Waals surface area contributed by atoms with E-state index in [4.69, 9.17) is 4.74 Å². The second kappa shape index (κ2) is 8.47. The molecule has 0 bridgehead atoms. The number of amides is 1. The highest BCUT2D eigenvalue weighted by Crippen LogP contribution is 2.31. The first kappa shape index (κ1) is 19.2. The zero-order chi connectivity index (χ0) is 20.2. The van der Waals surface area contributed by atoms with Crippen LogP contribution in [0.3, 0.4) is 0 Å². The van der Waals surface area contributed by atoms with Gasteiger partial charge in [0.05, 0.1) is 31.5 Å². The first-order chi connectivity index (χ1) is 14.2. The van der Waals surface area contributed by atoms with Gasteiger partial charge in [0.2, 0.25) is 5.91 Å². The van der Waals surface area contributed by atoms with Crippen molar-refractivity contribution in [2.75, 3.05) is 13.7 Å². The summed E-state index contributed by atoms with van der Waals surface area (Å²) in [5.41, 5.74) is 2.64. The molecule has 1 aromatic heterocycles. The number of aromatic amines is 1. The minimum Gasteiger partial charge on any atom is -0.494 e. The number of rotatable bonds is 5. The number of H-pyrrole nitrogens is 1. The number of methoxy groups -OCH3 is 1. The SMILES string of the molecule is COc1ccc(CC(=O)N2CCCCC2c2ncc(-c3ccccc3)[nH]2)cc1F. The minimum atomic E-state index is -0.452. The fourth-order valence-electron chi connectivity index (χ4n) is 3.88. The monoisotopic (exact) mass is 393 g/mol. The molecular weight excluding hydrogens is 369 g/mol. The van der Waals surface area contributed by atoms with Gasteiger partial charge in [-0.3, -0.25) is 4.79 Å². The highest BCUT2D eigenvalue weighted by atomic mass is 19.1. The van der Waals surface area contributed by atoms with E-state index in [1.807, 2.05) is 41.4 Å². The Hall–Kier alpha value is -3.15. The number of carbonyl (C=O) groups is 1. The van der Waals surface area contributed by atoms with Gasteiger partial charge in [0.15, 0.2) is 11.6 Å². The van der Waals surface area contributed by atoms with Crippen LogP contribution in [0.1, 0.15) is 36.7 Å². The van der Waals surface area contributed by atoms with Crippen LogP contribution in [0.15, 0.2) is 54.7 Å². The summed E-state index contributed by atoms with van der Waals surface area (Å²) in [6.07, 6.45) is 4.85. The molecule has 29 heavy (non-hydrogen) atoms. The van der Waals surface area contributed by atoms with E-state index >= 15 is 0 Å². The first-order valence-electron chi connectivity index (χ1n) is 9.88. The molecule has 1 aliphatic heterocycles. The third-order valence-corrected chi connectivity index (χ3v) is 5.39. The average Bonchev–Trinajstić information content (AvgIpc) is 3.25. The van der Waals surface area contributed by atoms with Gasteiger partial charge in [0, 0.05) is 6.54 Å². The third-order valence-electron chi connectivity index (χ3n) is 5.39. The lowest BCUT2D eigenvalue weighted by atomic mass is 10.00. The summed E-state index contributed by atoms with van der Waals surface area (Å²) in [6.45, 7) is 0.684. The normalized spacial score (nSPS) is 16.6. The van der Waals surface area contributed by atoms with Crippen LogP contribution in [-0.2, 0) is 11.2 Å². The topological polar surface area (TPSA) is 58.2 Å². The molecule has 1 amide bonds. The van der Waals surface area contributed by atoms with E-state index in [-0.39, 0.29) is 24.1 Å². The van der Waals surface area contributed by atoms with Gasteiger partial charge in [-0.25, -0.2) is 9.37 Å². The van der Waals surface area contributed by atoms with E-state index in [1.54, 1.807) is 12.1 Å². The lowest BCUT2D eigenvalue weighted by molar-refractivity contribution is -0.134. The van der Waals surface area contributed by atoms with Crippen molar-refractivity contribution in [1.82, 2.24) is 14.9 Å². The largest absolute Gasteiger partial charge is 0.494 e. The number of halogens is 1. The van der Waals surface area contributed by atoms with E-state index in [9.17, 15) is 9.18 Å². The standard InChI is InChI=1S/C23H24FN3O2/c1-29-21-11-10-16(13-18(21)24)14-22(28)27-12-6-5-9-20(27)23-25-15-19(26-23)17-7-3-2-4-8-17/h2-4,7-8,10-11,13,15,20H,5-6,9,12,14H2,1H3,(H,25,26). The predicted octanol–water partition coefficient (Wildman–Crippen LogP) is 4.52. The highest BCUT2D eigenvalue weighted by Gasteiger charge is 2.30. The maximum Gasteiger partial charge on any atom is 0.227 e. The predicted molar refractivity (Wildman–Crippen MR) is 109 cm³/mol. The summed E-state index contributed by atoms with van der Waals surface area (Å²) in [5.74, 6) is 0.516. The molecule has 1 unspecified atom stereocenters. The minimum absolute atomic E-state index is 0.0167. The summed E-state index contributed by atoms with van der Waals surface area (Å²) < 4.78 is 18.9. The van der Waals surface area contributed by atoms with Crippen molar-refractivity contribution in [2.45, 2.75) is 31.7 Å². The fraction of sp³-hybridized carbons (Fsp3) is 0.304. The molecule has 150 valence electrons. The summed E-state index contributed by atoms with van der Waals surface area (Å²) in [7, 11) is 1.43. The number of hydrogen-bond acceptors (Lipinski definition) is 3. The van der Waals surface area contributed by atoms with Gasteiger partial charge in [-0.2, -0.15) is 0 Å². The van der Waals surface area contributed by atoms with Gasteiger partial charge in [-0.15, -0.1) is 0 Å². The highest BCUT2D eigenvalue weighted by molar-refractivity contribution is 5.79. The van der Waals surface area contributed by atoms with Gasteiger partial charge in [-0.1, -0.05) is 36.4 Å². The van der Waals surface area contributed by atoms with Crippen molar-refractivity contribution in [3.05, 3.63) is 71.9 Å². The molecule has 0 aliphatic carbocycles. The van der Waals surface area contributed by atoms with Gasteiger partial charge in [0.25, 0.3) is 0 Å². The van der Waals surface area contributed by atoms with Crippen molar-refractivity contribution < 1.29 is 13.9 Å². The van der Waals surface area contributed by atoms with Gasteiger partial charge in [-0.05, 0) is 42.5 Å². The van der Waals surface area contributed by atoms with Crippen LogP contribution < -0.4 is 4.74 Å². The van der Waals surface area contributed by atoms with Crippen molar-refractivity contribution in [3.63, 3.8) is 0 Å². The molecule has 0 saturated carbocycles. The summed E-state index contributed by atoms with van der Waals surface area (Å²) in [4.78, 5) is 22.9. The van der Waals surface area contributed by atoms with Crippen LogP contribution in [0.2, 0.25) is 0 Å². The van der Waals surface area contributed by atoms with Crippen LogP contribution in [0.25, 0.3) is 11.3 Å². The lowest BCUT2D eigenvalue weighted by Crippen LogP contribution is -2.39. The average molecular weight is 393 g/mol. The molecule has 5 nitrogen and oxygen atoms in total. The molecule has 1 aliphatic rings. The van der Waals surface area contributed by atoms with Crippen LogP contribution in [0.5, 0.6) is 5.75 Å². The third kappa shape index (κ3) is 4.16. The number of hydrogen-bond donors (Lipinski definition) is 1. The Morgan fingerprint density at radius 2 is 2.07 bits per heavy atom. The Morgan fingerprint density at radius 1 is 1.24 bits per heavy atom. The number of likely N-dealkylation sites (tertiary alicyclic amines) is 1. The Bertz CT molecular complexity index is 987. The van der Waals surface area contributed by atoms with Crippen molar-refractivity contribution >= 4 is 5.91 Å². The lowest BCUT2D eigenvalue weighted by Gasteiger charge is -2.34. The van der Waals surface area contributed by atoms with Crippen LogP contribution in [-0.4, -0.2) is 34.4 Å². The number of piperidine rings is 1. The van der Waals surface area contributed by atoms with Crippen LogP contribution >= 0.6 is 0 Å². The molecule has 4 rings (SSSR count). The molecule has 3 aromatic rings. The van der Waals surface area contributed by atoms with Gasteiger partial charge in [0.1, 0.15) is 5.82 Å². The van der Waals surface area contributed by atoms with E-state index in [1.165, 1.54) is 13.2 Å². The first-order valence-corrected chi connectivity index (χ1v) is 9.88. The number of nitrogens with zero attached hydrogens (tertiary/aromatic N) is 2. The smallest absolute Gasteiger partial charge is 0.227 e. The van der Waals surface area contributed by atoms with Crippen LogP contribution in [0.4, 0.5) is 4.39 Å². The fourth-order valence-corrected chi connectivity index (χ4v) is 3.88. The van der Waals surface area contributed by atoms with Crippen LogP contribution in [0, 0.1) is 5.82 Å². The number of carbonyl (C=O) groups excluding carboxylic acids is 1. The quantitative estimate of drug-likeness (QED) is 0.693. The molecule has 1 atom stereocenters. The second-order valence-corrected chi connectivity index (χ2v) is 7.29. The maximum absolute atomic E-state index is 14.0. The molecule has 1 fully saturated rings. The van der Waals surface area contributed by atoms with Gasteiger partial charge < -0.3 is 14.6 Å². The Kier molecular flexibility index (Phi) is 5.60. The summed E-state index contributed by atoms with van der Waals surface area (Å²) >= 11 is 0. The van der Waals surface area contributed by atoms with E-state index in [2.05, 4.69) is 9.97 Å². The summed E-state index contributed by atoms with van der Waals surface area (Å²) in [5, 5.41) is 0. The van der Waals surface area contributed by atoms with E-state index < -0.39 is 5.82 Å². The van der Waals surface area contributed by atoms with Crippen molar-refractivity contribution in [3.8, 4) is 17.0 Å².